The number of phenolic OH excluding ortho intramolecular Hbond substituents is 1. The summed E-state index contributed by atoms with van der Waals surface area (Å²) in [4.78, 5) is 18.4. The second kappa shape index (κ2) is 10.6. The molecule has 32 heavy (non-hydrogen) atoms. The molecular weight excluding hydrogens is 414 g/mol. The third-order valence-corrected chi connectivity index (χ3v) is 6.31. The van der Waals surface area contributed by atoms with Gasteiger partial charge in [-0.2, -0.15) is 0 Å². The molecule has 0 heterocycles. The smallest absolute Gasteiger partial charge is 0.164 e. The molecule has 4 heteroatoms. The van der Waals surface area contributed by atoms with Crippen LogP contribution in [0, 0.1) is 0 Å². The molecule has 1 unspecified atom stereocenters. The van der Waals surface area contributed by atoms with Crippen LogP contribution in [0.2, 0.25) is 0 Å². The Morgan fingerprint density at radius 1 is 0.812 bits per heavy atom. The van der Waals surface area contributed by atoms with E-state index in [-0.39, 0.29) is 16.8 Å². The molecule has 0 saturated carbocycles. The van der Waals surface area contributed by atoms with Crippen molar-refractivity contribution >= 4 is 29.4 Å². The maximum Gasteiger partial charge on any atom is 0.164 e. The first-order chi connectivity index (χ1) is 15.7. The first-order valence-electron chi connectivity index (χ1n) is 10.4. The van der Waals surface area contributed by atoms with Crippen LogP contribution in [0.1, 0.15) is 33.2 Å². The summed E-state index contributed by atoms with van der Waals surface area (Å²) in [5, 5.41) is 9.89. The van der Waals surface area contributed by atoms with Gasteiger partial charge < -0.3 is 5.11 Å². The molecule has 0 spiro atoms. The third kappa shape index (κ3) is 5.74. The Bertz CT molecular complexity index is 1190. The Morgan fingerprint density at radius 3 is 2.12 bits per heavy atom. The number of ketones is 1. The van der Waals surface area contributed by atoms with Crippen molar-refractivity contribution in [1.82, 2.24) is 0 Å². The van der Waals surface area contributed by atoms with Gasteiger partial charge in [-0.3, -0.25) is 9.79 Å². The molecule has 158 valence electrons. The fourth-order valence-corrected chi connectivity index (χ4v) is 4.47. The number of carbonyl (C=O) groups is 1. The van der Waals surface area contributed by atoms with Gasteiger partial charge in [0.2, 0.25) is 0 Å². The van der Waals surface area contributed by atoms with Crippen molar-refractivity contribution in [2.45, 2.75) is 16.6 Å². The first-order valence-corrected chi connectivity index (χ1v) is 11.3. The number of thioether (sulfide) groups is 1. The molecule has 4 aromatic carbocycles. The van der Waals surface area contributed by atoms with E-state index in [1.54, 1.807) is 30.1 Å². The van der Waals surface area contributed by atoms with Crippen LogP contribution >= 0.6 is 11.8 Å². The summed E-state index contributed by atoms with van der Waals surface area (Å²) in [7, 11) is 0. The zero-order valence-electron chi connectivity index (χ0n) is 17.5. The van der Waals surface area contributed by atoms with Crippen LogP contribution in [-0.4, -0.2) is 17.1 Å². The lowest BCUT2D eigenvalue weighted by Crippen LogP contribution is -2.05. The second-order valence-electron chi connectivity index (χ2n) is 7.32. The Labute approximate surface area is 192 Å². The van der Waals surface area contributed by atoms with Crippen LogP contribution in [0.4, 0.5) is 5.69 Å². The Kier molecular flexibility index (Phi) is 7.15. The molecule has 0 aliphatic carbocycles. The predicted octanol–water partition coefficient (Wildman–Crippen LogP) is 7.25. The van der Waals surface area contributed by atoms with E-state index in [0.29, 0.717) is 12.0 Å². The number of aliphatic imine (C=N–C) groups is 1. The van der Waals surface area contributed by atoms with Crippen LogP contribution in [0.5, 0.6) is 5.75 Å². The highest BCUT2D eigenvalue weighted by Gasteiger charge is 2.18. The largest absolute Gasteiger partial charge is 0.507 e. The molecule has 4 aromatic rings. The van der Waals surface area contributed by atoms with E-state index in [4.69, 9.17) is 0 Å². The lowest BCUT2D eigenvalue weighted by molar-refractivity contribution is 0.0982. The number of rotatable bonds is 8. The van der Waals surface area contributed by atoms with Gasteiger partial charge in [-0.15, -0.1) is 11.8 Å². The van der Waals surface area contributed by atoms with Crippen molar-refractivity contribution in [3.63, 3.8) is 0 Å². The van der Waals surface area contributed by atoms with Crippen molar-refractivity contribution in [1.29, 1.82) is 0 Å². The molecule has 0 bridgehead atoms. The van der Waals surface area contributed by atoms with Gasteiger partial charge in [0.25, 0.3) is 0 Å². The molecule has 0 saturated heterocycles. The predicted molar refractivity (Wildman–Crippen MR) is 132 cm³/mol. The zero-order valence-corrected chi connectivity index (χ0v) is 18.3. The minimum Gasteiger partial charge on any atom is -0.507 e. The number of nitrogens with zero attached hydrogens (tertiary/aromatic N) is 1. The summed E-state index contributed by atoms with van der Waals surface area (Å²) >= 11 is 1.68. The van der Waals surface area contributed by atoms with Gasteiger partial charge in [0.05, 0.1) is 5.69 Å². The van der Waals surface area contributed by atoms with Crippen molar-refractivity contribution in [3.05, 3.63) is 126 Å². The van der Waals surface area contributed by atoms with E-state index in [2.05, 4.69) is 17.1 Å². The lowest BCUT2D eigenvalue weighted by Gasteiger charge is -2.17. The van der Waals surface area contributed by atoms with Gasteiger partial charge in [0.1, 0.15) is 5.75 Å². The van der Waals surface area contributed by atoms with E-state index in [0.717, 1.165) is 21.7 Å². The number of benzene rings is 4. The SMILES string of the molecule is O=C(CC(Sc1ccc(N=Cc2ccccc2O)cc1)c1ccccc1)c1ccccc1. The van der Waals surface area contributed by atoms with Crippen LogP contribution in [0.3, 0.4) is 0 Å². The number of para-hydroxylation sites is 1. The molecular formula is C28H23NO2S. The molecule has 4 rings (SSSR count). The summed E-state index contributed by atoms with van der Waals surface area (Å²) in [5.74, 6) is 0.341. The van der Waals surface area contributed by atoms with Gasteiger partial charge in [-0.25, -0.2) is 0 Å². The molecule has 0 fully saturated rings. The Morgan fingerprint density at radius 2 is 1.44 bits per heavy atom. The molecule has 0 aliphatic rings. The number of Topliss-reactive ketones (excluding diaryl/α,β-unsaturated/α-hetero) is 1. The van der Waals surface area contributed by atoms with E-state index in [9.17, 15) is 9.90 Å². The van der Waals surface area contributed by atoms with Crippen LogP contribution < -0.4 is 0 Å². The van der Waals surface area contributed by atoms with Crippen molar-refractivity contribution in [2.24, 2.45) is 4.99 Å². The minimum absolute atomic E-state index is 0.0134. The highest BCUT2D eigenvalue weighted by atomic mass is 32.2. The zero-order chi connectivity index (χ0) is 22.2. The Hall–Kier alpha value is -3.63. The Balaban J connectivity index is 1.49. The molecule has 3 nitrogen and oxygen atoms in total. The van der Waals surface area contributed by atoms with E-state index < -0.39 is 0 Å². The molecule has 0 aliphatic heterocycles. The molecule has 1 atom stereocenters. The van der Waals surface area contributed by atoms with E-state index >= 15 is 0 Å². The highest BCUT2D eigenvalue weighted by molar-refractivity contribution is 7.99. The fraction of sp³-hybridized carbons (Fsp3) is 0.0714. The lowest BCUT2D eigenvalue weighted by atomic mass is 10.0. The fourth-order valence-electron chi connectivity index (χ4n) is 3.32. The van der Waals surface area contributed by atoms with Crippen LogP contribution in [-0.2, 0) is 0 Å². The maximum atomic E-state index is 12.9. The van der Waals surface area contributed by atoms with Gasteiger partial charge in [-0.05, 0) is 42.0 Å². The quantitative estimate of drug-likeness (QED) is 0.179. The summed E-state index contributed by atoms with van der Waals surface area (Å²) < 4.78 is 0. The number of hydrogen-bond donors (Lipinski definition) is 1. The average molecular weight is 438 g/mol. The molecule has 0 aromatic heterocycles. The summed E-state index contributed by atoms with van der Waals surface area (Å²) in [6.07, 6.45) is 2.08. The second-order valence-corrected chi connectivity index (χ2v) is 8.60. The summed E-state index contributed by atoms with van der Waals surface area (Å²) in [6.45, 7) is 0. The number of hydrogen-bond acceptors (Lipinski definition) is 4. The van der Waals surface area contributed by atoms with Crippen LogP contribution in [0.25, 0.3) is 0 Å². The number of phenols is 1. The van der Waals surface area contributed by atoms with Crippen molar-refractivity contribution in [3.8, 4) is 5.75 Å². The summed E-state index contributed by atoms with van der Waals surface area (Å²) in [5.41, 5.74) is 3.34. The average Bonchev–Trinajstić information content (AvgIpc) is 2.85. The molecule has 0 amide bonds. The minimum atomic E-state index is 0.0134. The van der Waals surface area contributed by atoms with Gasteiger partial charge >= 0.3 is 0 Å². The van der Waals surface area contributed by atoms with Crippen molar-refractivity contribution < 1.29 is 9.90 Å². The normalized spacial score (nSPS) is 12.0. The van der Waals surface area contributed by atoms with Gasteiger partial charge in [0.15, 0.2) is 5.78 Å². The number of aromatic hydroxyl groups is 1. The maximum absolute atomic E-state index is 12.9. The first kappa shape index (κ1) is 21.6. The van der Waals surface area contributed by atoms with Crippen LogP contribution in [0.15, 0.2) is 119 Å². The standard InChI is InChI=1S/C28H23NO2S/c30-26-14-8-7-13-23(26)20-29-24-15-17-25(18-16-24)32-28(22-11-5-2-6-12-22)19-27(31)21-9-3-1-4-10-21/h1-18,20,28,30H,19H2. The monoisotopic (exact) mass is 437 g/mol. The number of carbonyl (C=O) groups excluding carboxylic acids is 1. The summed E-state index contributed by atoms with van der Waals surface area (Å²) in [6, 6.07) is 34.6. The van der Waals surface area contributed by atoms with Gasteiger partial charge in [0, 0.05) is 33.9 Å². The highest BCUT2D eigenvalue weighted by Crippen LogP contribution is 2.39. The third-order valence-electron chi connectivity index (χ3n) is 5.04. The molecule has 0 radical (unpaired) electrons. The van der Waals surface area contributed by atoms with E-state index in [1.165, 1.54) is 0 Å². The van der Waals surface area contributed by atoms with Gasteiger partial charge in [-0.1, -0.05) is 72.8 Å². The van der Waals surface area contributed by atoms with E-state index in [1.807, 2.05) is 84.9 Å². The topological polar surface area (TPSA) is 49.7 Å². The molecule has 1 N–H and O–H groups in total. The van der Waals surface area contributed by atoms with Crippen molar-refractivity contribution in [2.75, 3.05) is 0 Å².